The zero-order valence-electron chi connectivity index (χ0n) is 14.0. The largest absolute Gasteiger partial charge is 0.576 e. The number of ether oxygens (including phenoxy) is 2. The van der Waals surface area contributed by atoms with Gasteiger partial charge in [-0.1, -0.05) is 46.4 Å². The molecule has 0 radical (unpaired) electrons. The Balaban J connectivity index is 2.09. The molecule has 142 valence electrons. The van der Waals surface area contributed by atoms with Crippen LogP contribution in [0.15, 0.2) is 24.3 Å². The van der Waals surface area contributed by atoms with Crippen molar-refractivity contribution in [3.05, 3.63) is 55.5 Å². The Bertz CT molecular complexity index is 772. The van der Waals surface area contributed by atoms with Gasteiger partial charge in [0.25, 0.3) is 0 Å². The highest BCUT2D eigenvalue weighted by Gasteiger charge is 2.19. The summed E-state index contributed by atoms with van der Waals surface area (Å²) < 4.78 is 20.0. The smallest absolute Gasteiger partial charge is 0.528 e. The molecule has 0 bridgehead atoms. The molecule has 0 saturated carbocycles. The van der Waals surface area contributed by atoms with Crippen LogP contribution in [0, 0.1) is 0 Å². The van der Waals surface area contributed by atoms with Gasteiger partial charge in [-0.3, -0.25) is 0 Å². The summed E-state index contributed by atoms with van der Waals surface area (Å²) in [4.78, 5) is 23.2. The number of halogens is 4. The maximum atomic E-state index is 11.6. The highest BCUT2D eigenvalue weighted by atomic mass is 35.5. The van der Waals surface area contributed by atoms with Crippen LogP contribution < -0.4 is 9.31 Å². The van der Waals surface area contributed by atoms with Crippen molar-refractivity contribution in [2.75, 3.05) is 14.2 Å². The van der Waals surface area contributed by atoms with Gasteiger partial charge in [0.2, 0.25) is 0 Å². The van der Waals surface area contributed by atoms with Crippen LogP contribution in [0.1, 0.15) is 20.7 Å². The third kappa shape index (κ3) is 5.14. The van der Waals surface area contributed by atoms with Crippen molar-refractivity contribution in [3.8, 4) is 11.5 Å². The first-order valence-corrected chi connectivity index (χ1v) is 8.70. The highest BCUT2D eigenvalue weighted by Crippen LogP contribution is 2.32. The SMILES string of the molecule is COC(=O)c1c(Cl)cc(OBOc2cc(Cl)c(C(=O)OC)c(Cl)c2)cc1Cl. The third-order valence-corrected chi connectivity index (χ3v) is 4.45. The molecule has 0 aromatic heterocycles. The van der Waals surface area contributed by atoms with E-state index in [2.05, 4.69) is 9.47 Å². The summed E-state index contributed by atoms with van der Waals surface area (Å²) in [5, 5.41) is 0.270. The monoisotopic (exact) mass is 450 g/mol. The van der Waals surface area contributed by atoms with Crippen LogP contribution in [0.4, 0.5) is 0 Å². The van der Waals surface area contributed by atoms with Crippen LogP contribution in [0.2, 0.25) is 20.1 Å². The van der Waals surface area contributed by atoms with Crippen molar-refractivity contribution in [1.29, 1.82) is 0 Å². The van der Waals surface area contributed by atoms with Crippen LogP contribution >= 0.6 is 46.4 Å². The van der Waals surface area contributed by atoms with Crippen molar-refractivity contribution in [3.63, 3.8) is 0 Å². The standard InChI is InChI=1S/C16H11BCl4O6/c1-24-15(22)13-9(18)3-7(4-10(13)19)26-17-27-8-5-11(20)14(12(21)6-8)16(23)25-2/h3-6,17H,1-2H3. The molecule has 0 heterocycles. The van der Waals surface area contributed by atoms with E-state index in [1.807, 2.05) is 0 Å². The first-order chi connectivity index (χ1) is 12.8. The summed E-state index contributed by atoms with van der Waals surface area (Å²) in [6.07, 6.45) is 0. The van der Waals surface area contributed by atoms with Gasteiger partial charge in [-0.15, -0.1) is 0 Å². The number of hydrogen-bond acceptors (Lipinski definition) is 6. The van der Waals surface area contributed by atoms with Crippen LogP contribution in [0.3, 0.4) is 0 Å². The molecule has 2 aromatic carbocycles. The summed E-state index contributed by atoms with van der Waals surface area (Å²) in [6.45, 7) is 0. The average Bonchev–Trinajstić information content (AvgIpc) is 2.60. The minimum Gasteiger partial charge on any atom is -0.528 e. The molecule has 2 rings (SSSR count). The summed E-state index contributed by atoms with van der Waals surface area (Å²) in [5.41, 5.74) is 0.0668. The lowest BCUT2D eigenvalue weighted by Crippen LogP contribution is -2.12. The maximum absolute atomic E-state index is 11.6. The number of hydrogen-bond donors (Lipinski definition) is 0. The Kier molecular flexibility index (Phi) is 7.50. The van der Waals surface area contributed by atoms with Crippen molar-refractivity contribution in [2.45, 2.75) is 0 Å². The van der Waals surface area contributed by atoms with Crippen LogP contribution in [-0.2, 0) is 9.47 Å². The van der Waals surface area contributed by atoms with Gasteiger partial charge in [0.05, 0.1) is 45.4 Å². The second kappa shape index (κ2) is 9.42. The Hall–Kier alpha value is -1.80. The Morgan fingerprint density at radius 2 is 1.00 bits per heavy atom. The predicted molar refractivity (Wildman–Crippen MR) is 104 cm³/mol. The molecule has 0 aliphatic rings. The summed E-state index contributed by atoms with van der Waals surface area (Å²) in [6, 6.07) is 5.57. The minimum absolute atomic E-state index is 0.0334. The maximum Gasteiger partial charge on any atom is 0.576 e. The lowest BCUT2D eigenvalue weighted by atomic mass is 10.2. The van der Waals surface area contributed by atoms with Gasteiger partial charge >= 0.3 is 19.6 Å². The van der Waals surface area contributed by atoms with Crippen molar-refractivity contribution < 1.29 is 28.4 Å². The van der Waals surface area contributed by atoms with Crippen molar-refractivity contribution in [2.24, 2.45) is 0 Å². The average molecular weight is 452 g/mol. The highest BCUT2D eigenvalue weighted by molar-refractivity contribution is 6.40. The first kappa shape index (κ1) is 21.5. The van der Waals surface area contributed by atoms with Crippen LogP contribution in [-0.4, -0.2) is 33.8 Å². The third-order valence-electron chi connectivity index (χ3n) is 3.26. The topological polar surface area (TPSA) is 71.1 Å². The number of methoxy groups -OCH3 is 2. The number of rotatable bonds is 6. The number of esters is 2. The zero-order valence-corrected chi connectivity index (χ0v) is 17.0. The number of carbonyl (C=O) groups excluding carboxylic acids is 2. The fraction of sp³-hybridized carbons (Fsp3) is 0.125. The fourth-order valence-electron chi connectivity index (χ4n) is 2.03. The molecule has 11 heteroatoms. The van der Waals surface area contributed by atoms with E-state index >= 15 is 0 Å². The van der Waals surface area contributed by atoms with E-state index in [0.717, 1.165) is 0 Å². The van der Waals surface area contributed by atoms with E-state index < -0.39 is 11.9 Å². The zero-order chi connectivity index (χ0) is 20.1. The molecule has 0 saturated heterocycles. The van der Waals surface area contributed by atoms with Gasteiger partial charge in [-0.05, 0) is 24.3 Å². The molecule has 0 N–H and O–H groups in total. The molecular formula is C16H11BCl4O6. The second-order valence-corrected chi connectivity index (χ2v) is 6.54. The van der Waals surface area contributed by atoms with E-state index in [-0.39, 0.29) is 50.4 Å². The molecule has 0 amide bonds. The molecular weight excluding hydrogens is 441 g/mol. The Labute approximate surface area is 175 Å². The molecule has 27 heavy (non-hydrogen) atoms. The Morgan fingerprint density at radius 3 is 1.26 bits per heavy atom. The molecule has 0 aliphatic heterocycles. The lowest BCUT2D eigenvalue weighted by molar-refractivity contribution is 0.0592. The van der Waals surface area contributed by atoms with E-state index in [1.54, 1.807) is 0 Å². The van der Waals surface area contributed by atoms with Gasteiger partial charge in [0.1, 0.15) is 11.5 Å². The lowest BCUT2D eigenvalue weighted by Gasteiger charge is -2.12. The first-order valence-electron chi connectivity index (χ1n) is 7.18. The Morgan fingerprint density at radius 1 is 0.704 bits per heavy atom. The van der Waals surface area contributed by atoms with E-state index in [9.17, 15) is 9.59 Å². The van der Waals surface area contributed by atoms with E-state index in [1.165, 1.54) is 38.5 Å². The quantitative estimate of drug-likeness (QED) is 0.472. The molecule has 0 spiro atoms. The van der Waals surface area contributed by atoms with Crippen molar-refractivity contribution >= 4 is 66.0 Å². The second-order valence-electron chi connectivity index (χ2n) is 4.91. The summed E-state index contributed by atoms with van der Waals surface area (Å²) >= 11 is 24.1. The molecule has 6 nitrogen and oxygen atoms in total. The molecule has 0 unspecified atom stereocenters. The van der Waals surface area contributed by atoms with Gasteiger partial charge < -0.3 is 18.8 Å². The predicted octanol–water partition coefficient (Wildman–Crippen LogP) is 4.60. The molecule has 0 aliphatic carbocycles. The summed E-state index contributed by atoms with van der Waals surface area (Å²) in [5.74, 6) is -0.799. The molecule has 0 fully saturated rings. The van der Waals surface area contributed by atoms with Gasteiger partial charge in [-0.2, -0.15) is 0 Å². The number of benzene rings is 2. The minimum atomic E-state index is -0.664. The summed E-state index contributed by atoms with van der Waals surface area (Å²) in [7, 11) is 2.19. The van der Waals surface area contributed by atoms with E-state index in [0.29, 0.717) is 0 Å². The molecule has 0 atom stereocenters. The van der Waals surface area contributed by atoms with Gasteiger partial charge in [0.15, 0.2) is 0 Å². The van der Waals surface area contributed by atoms with E-state index in [4.69, 9.17) is 55.7 Å². The fourth-order valence-corrected chi connectivity index (χ4v) is 3.27. The molecule has 2 aromatic rings. The number of carbonyl (C=O) groups is 2. The van der Waals surface area contributed by atoms with Gasteiger partial charge in [0, 0.05) is 0 Å². The van der Waals surface area contributed by atoms with Crippen LogP contribution in [0.5, 0.6) is 11.5 Å². The van der Waals surface area contributed by atoms with Crippen molar-refractivity contribution in [1.82, 2.24) is 0 Å². The van der Waals surface area contributed by atoms with Gasteiger partial charge in [-0.25, -0.2) is 9.59 Å². The van der Waals surface area contributed by atoms with Crippen LogP contribution in [0.25, 0.3) is 0 Å². The normalized spacial score (nSPS) is 10.1.